The molecule has 3 N–H and O–H groups in total. The van der Waals surface area contributed by atoms with Crippen LogP contribution in [-0.4, -0.2) is 40.7 Å². The molecule has 0 aliphatic heterocycles. The number of esters is 1. The van der Waals surface area contributed by atoms with Crippen LogP contribution in [0.15, 0.2) is 12.2 Å². The normalized spacial score (nSPS) is 14.9. The number of phosphoric acid groups is 1. The first-order valence-corrected chi connectivity index (χ1v) is 6.82. The van der Waals surface area contributed by atoms with E-state index in [9.17, 15) is 14.5 Å². The summed E-state index contributed by atoms with van der Waals surface area (Å²) in [6.45, 7) is 5.53. The first-order valence-electron chi connectivity index (χ1n) is 5.29. The van der Waals surface area contributed by atoms with Gasteiger partial charge in [0.05, 0.1) is 18.6 Å². The third kappa shape index (κ3) is 6.28. The summed E-state index contributed by atoms with van der Waals surface area (Å²) < 4.78 is 19.9. The molecule has 18 heavy (non-hydrogen) atoms. The van der Waals surface area contributed by atoms with E-state index in [0.29, 0.717) is 6.42 Å². The van der Waals surface area contributed by atoms with Crippen molar-refractivity contribution in [1.82, 2.24) is 0 Å². The van der Waals surface area contributed by atoms with Crippen molar-refractivity contribution in [1.29, 1.82) is 0 Å². The lowest BCUT2D eigenvalue weighted by atomic mass is 9.88. The van der Waals surface area contributed by atoms with Gasteiger partial charge in [-0.1, -0.05) is 13.5 Å². The molecule has 0 aliphatic carbocycles. The SMILES string of the molecule is C=C(C)C(=O)OCC(CC)(CO)COP(=O)(O)O. The molecule has 8 heteroatoms. The summed E-state index contributed by atoms with van der Waals surface area (Å²) in [5, 5.41) is 9.28. The maximum absolute atomic E-state index is 11.2. The van der Waals surface area contributed by atoms with Crippen LogP contribution in [-0.2, 0) is 18.6 Å². The fraction of sp³-hybridized carbons (Fsp3) is 0.700. The van der Waals surface area contributed by atoms with Crippen molar-refractivity contribution in [3.8, 4) is 0 Å². The molecule has 1 unspecified atom stereocenters. The van der Waals surface area contributed by atoms with Gasteiger partial charge in [-0.05, 0) is 13.3 Å². The molecule has 0 saturated heterocycles. The summed E-state index contributed by atoms with van der Waals surface area (Å²) in [6, 6.07) is 0. The van der Waals surface area contributed by atoms with Gasteiger partial charge in [0, 0.05) is 5.57 Å². The first-order chi connectivity index (χ1) is 8.16. The van der Waals surface area contributed by atoms with Crippen LogP contribution in [0.4, 0.5) is 0 Å². The summed E-state index contributed by atoms with van der Waals surface area (Å²) >= 11 is 0. The van der Waals surface area contributed by atoms with E-state index < -0.39 is 32.4 Å². The highest BCUT2D eigenvalue weighted by atomic mass is 31.2. The van der Waals surface area contributed by atoms with Gasteiger partial charge in [0.2, 0.25) is 0 Å². The quantitative estimate of drug-likeness (QED) is 0.339. The average molecular weight is 282 g/mol. The Morgan fingerprint density at radius 1 is 1.39 bits per heavy atom. The van der Waals surface area contributed by atoms with Crippen molar-refractivity contribution in [2.75, 3.05) is 19.8 Å². The second-order valence-electron chi connectivity index (χ2n) is 4.13. The van der Waals surface area contributed by atoms with Crippen molar-refractivity contribution in [3.63, 3.8) is 0 Å². The molecule has 0 bridgehead atoms. The first kappa shape index (κ1) is 17.3. The van der Waals surface area contributed by atoms with Crippen molar-refractivity contribution in [3.05, 3.63) is 12.2 Å². The molecule has 0 fully saturated rings. The average Bonchev–Trinajstić information content (AvgIpc) is 2.28. The summed E-state index contributed by atoms with van der Waals surface area (Å²) in [5.74, 6) is -0.627. The Kier molecular flexibility index (Phi) is 6.73. The van der Waals surface area contributed by atoms with Gasteiger partial charge in [-0.15, -0.1) is 0 Å². The predicted molar refractivity (Wildman–Crippen MR) is 63.6 cm³/mol. The minimum absolute atomic E-state index is 0.203. The molecular formula is C10H19O7P. The number of carbonyl (C=O) groups excluding carboxylic acids is 1. The van der Waals surface area contributed by atoms with Crippen LogP contribution in [0.2, 0.25) is 0 Å². The van der Waals surface area contributed by atoms with E-state index in [0.717, 1.165) is 0 Å². The Balaban J connectivity index is 4.57. The van der Waals surface area contributed by atoms with E-state index in [1.165, 1.54) is 6.92 Å². The molecule has 0 rings (SSSR count). The Bertz CT molecular complexity index is 342. The Labute approximate surface area is 106 Å². The highest BCUT2D eigenvalue weighted by molar-refractivity contribution is 7.46. The zero-order chi connectivity index (χ0) is 14.4. The highest BCUT2D eigenvalue weighted by Crippen LogP contribution is 2.39. The van der Waals surface area contributed by atoms with E-state index in [1.807, 2.05) is 0 Å². The highest BCUT2D eigenvalue weighted by Gasteiger charge is 2.33. The van der Waals surface area contributed by atoms with Crippen molar-refractivity contribution < 1.29 is 33.5 Å². The van der Waals surface area contributed by atoms with Crippen molar-refractivity contribution >= 4 is 13.8 Å². The topological polar surface area (TPSA) is 113 Å². The summed E-state index contributed by atoms with van der Waals surface area (Å²) in [5.41, 5.74) is -0.833. The van der Waals surface area contributed by atoms with E-state index in [1.54, 1.807) is 6.92 Å². The largest absolute Gasteiger partial charge is 0.469 e. The number of aliphatic hydroxyl groups is 1. The van der Waals surface area contributed by atoms with Gasteiger partial charge in [-0.2, -0.15) is 0 Å². The number of hydrogen-bond acceptors (Lipinski definition) is 5. The predicted octanol–water partition coefficient (Wildman–Crippen LogP) is 0.604. The van der Waals surface area contributed by atoms with Crippen LogP contribution in [0.25, 0.3) is 0 Å². The van der Waals surface area contributed by atoms with Gasteiger partial charge in [0.25, 0.3) is 0 Å². The van der Waals surface area contributed by atoms with Crippen LogP contribution < -0.4 is 0 Å². The lowest BCUT2D eigenvalue weighted by Gasteiger charge is -2.29. The number of phosphoric ester groups is 1. The minimum atomic E-state index is -4.62. The van der Waals surface area contributed by atoms with Crippen LogP contribution in [0.1, 0.15) is 20.3 Å². The Morgan fingerprint density at radius 2 is 1.94 bits per heavy atom. The number of ether oxygens (including phenoxy) is 1. The molecule has 0 aliphatic rings. The maximum Gasteiger partial charge on any atom is 0.469 e. The molecule has 0 aromatic rings. The second-order valence-corrected chi connectivity index (χ2v) is 5.37. The van der Waals surface area contributed by atoms with E-state index >= 15 is 0 Å². The fourth-order valence-corrected chi connectivity index (χ4v) is 1.45. The molecule has 0 saturated carbocycles. The fourth-order valence-electron chi connectivity index (χ4n) is 1.01. The van der Waals surface area contributed by atoms with Gasteiger partial charge in [-0.25, -0.2) is 9.36 Å². The molecule has 1 atom stereocenters. The zero-order valence-corrected chi connectivity index (χ0v) is 11.4. The summed E-state index contributed by atoms with van der Waals surface area (Å²) in [4.78, 5) is 28.5. The minimum Gasteiger partial charge on any atom is -0.462 e. The standard InChI is InChI=1S/C10H19O7P/c1-4-10(5-11,7-17-18(13,14)15)6-16-9(12)8(2)3/h11H,2,4-7H2,1,3H3,(H2,13,14,15). The van der Waals surface area contributed by atoms with Gasteiger partial charge in [0.1, 0.15) is 6.61 Å². The second kappa shape index (κ2) is 7.01. The third-order valence-corrected chi connectivity index (χ3v) is 2.95. The zero-order valence-electron chi connectivity index (χ0n) is 10.5. The van der Waals surface area contributed by atoms with Gasteiger partial charge >= 0.3 is 13.8 Å². The number of carbonyl (C=O) groups is 1. The van der Waals surface area contributed by atoms with Crippen LogP contribution in [0.3, 0.4) is 0 Å². The molecule has 106 valence electrons. The molecule has 7 nitrogen and oxygen atoms in total. The van der Waals surface area contributed by atoms with Crippen molar-refractivity contribution in [2.24, 2.45) is 5.41 Å². The van der Waals surface area contributed by atoms with Crippen LogP contribution in [0, 0.1) is 5.41 Å². The van der Waals surface area contributed by atoms with E-state index in [-0.39, 0.29) is 12.2 Å². The third-order valence-electron chi connectivity index (χ3n) is 2.48. The molecule has 0 aromatic carbocycles. The molecule has 0 radical (unpaired) electrons. The summed E-state index contributed by atoms with van der Waals surface area (Å²) in [7, 11) is -4.62. The Morgan fingerprint density at radius 3 is 2.28 bits per heavy atom. The number of aliphatic hydroxyl groups excluding tert-OH is 1. The number of hydrogen-bond donors (Lipinski definition) is 3. The van der Waals surface area contributed by atoms with Crippen LogP contribution in [0.5, 0.6) is 0 Å². The lowest BCUT2D eigenvalue weighted by molar-refractivity contribution is -0.144. The monoisotopic (exact) mass is 282 g/mol. The van der Waals surface area contributed by atoms with Gasteiger partial charge < -0.3 is 19.6 Å². The molecule has 0 spiro atoms. The van der Waals surface area contributed by atoms with Gasteiger partial charge in [0.15, 0.2) is 0 Å². The Hall–Kier alpha value is -0.720. The lowest BCUT2D eigenvalue weighted by Crippen LogP contribution is -2.36. The molecule has 0 amide bonds. The molecule has 0 heterocycles. The molecular weight excluding hydrogens is 263 g/mol. The smallest absolute Gasteiger partial charge is 0.462 e. The summed E-state index contributed by atoms with van der Waals surface area (Å²) in [6.07, 6.45) is 0.326. The van der Waals surface area contributed by atoms with E-state index in [2.05, 4.69) is 11.1 Å². The number of rotatable bonds is 8. The van der Waals surface area contributed by atoms with Gasteiger partial charge in [-0.3, -0.25) is 4.52 Å². The van der Waals surface area contributed by atoms with E-state index in [4.69, 9.17) is 14.5 Å². The molecule has 0 aromatic heterocycles. The van der Waals surface area contributed by atoms with Crippen molar-refractivity contribution in [2.45, 2.75) is 20.3 Å². The maximum atomic E-state index is 11.2. The van der Waals surface area contributed by atoms with Crippen LogP contribution >= 0.6 is 7.82 Å².